The zero-order valence-corrected chi connectivity index (χ0v) is 17.6. The van der Waals surface area contributed by atoms with E-state index in [1.54, 1.807) is 41.3 Å². The summed E-state index contributed by atoms with van der Waals surface area (Å²) in [5.41, 5.74) is 2.38. The van der Waals surface area contributed by atoms with Crippen LogP contribution >= 0.6 is 34.7 Å². The number of hydrogen-bond acceptors (Lipinski definition) is 6. The van der Waals surface area contributed by atoms with Gasteiger partial charge in [-0.25, -0.2) is 4.98 Å². The summed E-state index contributed by atoms with van der Waals surface area (Å²) in [6.07, 6.45) is 0.926. The molecule has 1 heterocycles. The first-order chi connectivity index (χ1) is 13.5. The Morgan fingerprint density at radius 1 is 1.21 bits per heavy atom. The molecule has 146 valence electrons. The van der Waals surface area contributed by atoms with Gasteiger partial charge in [0.25, 0.3) is 5.91 Å². The van der Waals surface area contributed by atoms with E-state index in [4.69, 9.17) is 16.3 Å². The molecule has 28 heavy (non-hydrogen) atoms. The number of nitrogens with one attached hydrogen (secondary N) is 1. The Bertz CT molecular complexity index is 957. The Labute approximate surface area is 176 Å². The number of thiazole rings is 1. The Morgan fingerprint density at radius 2 is 2.04 bits per heavy atom. The summed E-state index contributed by atoms with van der Waals surface area (Å²) in [5, 5.41) is 3.27. The first-order valence-electron chi connectivity index (χ1n) is 8.72. The second-order valence-corrected chi connectivity index (χ2v) is 8.80. The number of carbonyl (C=O) groups excluding carboxylic acids is 2. The number of esters is 1. The molecular weight excluding hydrogens is 416 g/mol. The lowest BCUT2D eigenvalue weighted by Crippen LogP contribution is -2.21. The molecule has 0 aliphatic carbocycles. The van der Waals surface area contributed by atoms with Crippen LogP contribution in [0.2, 0.25) is 5.02 Å². The molecule has 0 fully saturated rings. The first kappa shape index (κ1) is 20.6. The number of benzene rings is 2. The fourth-order valence-corrected chi connectivity index (χ4v) is 4.69. The zero-order chi connectivity index (χ0) is 19.9. The minimum atomic E-state index is -0.387. The molecule has 3 rings (SSSR count). The van der Waals surface area contributed by atoms with E-state index in [0.29, 0.717) is 17.1 Å². The number of fused-ring (bicyclic) bond motifs is 1. The number of halogens is 1. The van der Waals surface area contributed by atoms with Crippen molar-refractivity contribution in [1.29, 1.82) is 0 Å². The van der Waals surface area contributed by atoms with E-state index < -0.39 is 0 Å². The maximum atomic E-state index is 11.9. The lowest BCUT2D eigenvalue weighted by atomic mass is 10.2. The number of aromatic nitrogens is 1. The van der Waals surface area contributed by atoms with Crippen molar-refractivity contribution in [3.05, 3.63) is 53.1 Å². The van der Waals surface area contributed by atoms with E-state index in [2.05, 4.69) is 10.3 Å². The molecule has 0 bridgehead atoms. The van der Waals surface area contributed by atoms with Gasteiger partial charge in [0.2, 0.25) is 0 Å². The van der Waals surface area contributed by atoms with Gasteiger partial charge in [-0.2, -0.15) is 0 Å². The van der Waals surface area contributed by atoms with Gasteiger partial charge in [-0.1, -0.05) is 41.6 Å². The van der Waals surface area contributed by atoms with Crippen LogP contribution in [0.1, 0.15) is 18.4 Å². The topological polar surface area (TPSA) is 68.3 Å². The molecule has 0 spiro atoms. The number of nitrogens with zero attached hydrogens (tertiary/aromatic N) is 1. The first-order valence-corrected chi connectivity index (χ1v) is 10.9. The number of para-hydroxylation sites is 1. The Kier molecular flexibility index (Phi) is 7.30. The van der Waals surface area contributed by atoms with E-state index in [1.165, 1.54) is 0 Å². The Morgan fingerprint density at radius 3 is 2.86 bits per heavy atom. The maximum absolute atomic E-state index is 11.9. The van der Waals surface area contributed by atoms with E-state index in [0.717, 1.165) is 25.9 Å². The molecule has 5 nitrogen and oxygen atoms in total. The van der Waals surface area contributed by atoms with Gasteiger partial charge in [-0.05, 0) is 43.2 Å². The third-order valence-corrected chi connectivity index (χ3v) is 6.61. The number of amides is 1. The second kappa shape index (κ2) is 9.91. The van der Waals surface area contributed by atoms with E-state index in [9.17, 15) is 9.59 Å². The molecule has 0 saturated heterocycles. The summed E-state index contributed by atoms with van der Waals surface area (Å²) in [7, 11) is 0. The minimum Gasteiger partial charge on any atom is -0.456 e. The summed E-state index contributed by atoms with van der Waals surface area (Å²) in [5.74, 6) is -0.00605. The van der Waals surface area contributed by atoms with Crippen LogP contribution in [0.4, 0.5) is 5.69 Å². The van der Waals surface area contributed by atoms with Crippen molar-refractivity contribution in [1.82, 2.24) is 4.98 Å². The van der Waals surface area contributed by atoms with E-state index in [1.807, 2.05) is 31.2 Å². The number of anilines is 1. The van der Waals surface area contributed by atoms with Crippen LogP contribution in [0.3, 0.4) is 0 Å². The maximum Gasteiger partial charge on any atom is 0.306 e. The standard InChI is InChI=1S/C20H19ClN2O3S2/c1-13-14(21)6-4-8-15(13)22-18(24)12-26-19(25)10-5-11-27-20-23-16-7-2-3-9-17(16)28-20/h2-4,6-9H,5,10-12H2,1H3,(H,22,24). The van der Waals surface area contributed by atoms with Gasteiger partial charge in [0.15, 0.2) is 10.9 Å². The predicted molar refractivity (Wildman–Crippen MR) is 115 cm³/mol. The number of carbonyl (C=O) groups is 2. The molecular formula is C20H19ClN2O3S2. The highest BCUT2D eigenvalue weighted by Crippen LogP contribution is 2.29. The monoisotopic (exact) mass is 434 g/mol. The molecule has 0 aliphatic heterocycles. The minimum absolute atomic E-state index is 0.265. The highest BCUT2D eigenvalue weighted by atomic mass is 35.5. The van der Waals surface area contributed by atoms with E-state index in [-0.39, 0.29) is 24.9 Å². The van der Waals surface area contributed by atoms with Crippen molar-refractivity contribution in [2.24, 2.45) is 0 Å². The zero-order valence-electron chi connectivity index (χ0n) is 15.2. The molecule has 3 aromatic rings. The lowest BCUT2D eigenvalue weighted by Gasteiger charge is -2.09. The molecule has 1 N–H and O–H groups in total. The van der Waals surface area contributed by atoms with Crippen molar-refractivity contribution in [3.63, 3.8) is 0 Å². The van der Waals surface area contributed by atoms with Crippen LogP contribution < -0.4 is 5.32 Å². The fraction of sp³-hybridized carbons (Fsp3) is 0.250. The number of ether oxygens (including phenoxy) is 1. The molecule has 0 radical (unpaired) electrons. The van der Waals surface area contributed by atoms with Gasteiger partial charge >= 0.3 is 5.97 Å². The normalized spacial score (nSPS) is 10.8. The van der Waals surface area contributed by atoms with Gasteiger partial charge in [0.05, 0.1) is 10.2 Å². The van der Waals surface area contributed by atoms with Gasteiger partial charge in [0.1, 0.15) is 0 Å². The van der Waals surface area contributed by atoms with Gasteiger partial charge in [-0.3, -0.25) is 9.59 Å². The van der Waals surface area contributed by atoms with Crippen molar-refractivity contribution >= 4 is 62.5 Å². The SMILES string of the molecule is Cc1c(Cl)cccc1NC(=O)COC(=O)CCCSc1nc2ccccc2s1. The van der Waals surface area contributed by atoms with Crippen LogP contribution in [0.5, 0.6) is 0 Å². The van der Waals surface area contributed by atoms with Crippen LogP contribution in [0, 0.1) is 6.92 Å². The smallest absolute Gasteiger partial charge is 0.306 e. The molecule has 0 saturated carbocycles. The lowest BCUT2D eigenvalue weighted by molar-refractivity contribution is -0.147. The van der Waals surface area contributed by atoms with Crippen molar-refractivity contribution in [2.75, 3.05) is 17.7 Å². The number of hydrogen-bond donors (Lipinski definition) is 1. The molecule has 8 heteroatoms. The van der Waals surface area contributed by atoms with Crippen LogP contribution in [0.15, 0.2) is 46.8 Å². The molecule has 0 unspecified atom stereocenters. The summed E-state index contributed by atoms with van der Waals surface area (Å²) in [6.45, 7) is 1.50. The second-order valence-electron chi connectivity index (χ2n) is 6.02. The van der Waals surface area contributed by atoms with Crippen LogP contribution in [-0.2, 0) is 14.3 Å². The predicted octanol–water partition coefficient (Wildman–Crippen LogP) is 5.31. The highest BCUT2D eigenvalue weighted by molar-refractivity contribution is 8.01. The highest BCUT2D eigenvalue weighted by Gasteiger charge is 2.10. The molecule has 2 aromatic carbocycles. The van der Waals surface area contributed by atoms with Crippen molar-refractivity contribution in [2.45, 2.75) is 24.1 Å². The van der Waals surface area contributed by atoms with Crippen LogP contribution in [0.25, 0.3) is 10.2 Å². The van der Waals surface area contributed by atoms with Gasteiger partial charge in [-0.15, -0.1) is 11.3 Å². The molecule has 0 atom stereocenters. The molecule has 0 aliphatic rings. The van der Waals surface area contributed by atoms with Gasteiger partial charge in [0, 0.05) is 22.9 Å². The number of rotatable bonds is 8. The quantitative estimate of drug-likeness (QED) is 0.295. The summed E-state index contributed by atoms with van der Waals surface area (Å²) in [6, 6.07) is 13.2. The van der Waals surface area contributed by atoms with Crippen LogP contribution in [-0.4, -0.2) is 29.2 Å². The summed E-state index contributed by atoms with van der Waals surface area (Å²) >= 11 is 9.29. The Hall–Kier alpha value is -2.09. The van der Waals surface area contributed by atoms with Crippen molar-refractivity contribution in [3.8, 4) is 0 Å². The average molecular weight is 435 g/mol. The third kappa shape index (κ3) is 5.70. The number of thioether (sulfide) groups is 1. The molecule has 1 amide bonds. The third-order valence-electron chi connectivity index (χ3n) is 3.93. The van der Waals surface area contributed by atoms with Crippen molar-refractivity contribution < 1.29 is 14.3 Å². The Balaban J connectivity index is 1.35. The molecule has 1 aromatic heterocycles. The fourth-order valence-electron chi connectivity index (χ4n) is 2.44. The van der Waals surface area contributed by atoms with E-state index >= 15 is 0 Å². The van der Waals surface area contributed by atoms with Gasteiger partial charge < -0.3 is 10.1 Å². The average Bonchev–Trinajstić information content (AvgIpc) is 3.10. The summed E-state index contributed by atoms with van der Waals surface area (Å²) < 4.78 is 7.19. The summed E-state index contributed by atoms with van der Waals surface area (Å²) in [4.78, 5) is 28.3. The largest absolute Gasteiger partial charge is 0.456 e.